The van der Waals surface area contributed by atoms with Crippen molar-refractivity contribution in [3.05, 3.63) is 64.9 Å². The van der Waals surface area contributed by atoms with E-state index in [1.54, 1.807) is 23.7 Å². The first-order valence-electron chi connectivity index (χ1n) is 8.03. The Bertz CT molecular complexity index is 1100. The van der Waals surface area contributed by atoms with Gasteiger partial charge in [-0.15, -0.1) is 11.3 Å². The predicted octanol–water partition coefficient (Wildman–Crippen LogP) is 4.81. The topological polar surface area (TPSA) is 54.0 Å². The molecule has 0 amide bonds. The first-order valence-corrected chi connectivity index (χ1v) is 8.91. The van der Waals surface area contributed by atoms with E-state index in [-0.39, 0.29) is 0 Å². The van der Waals surface area contributed by atoms with Crippen LogP contribution in [0, 0.1) is 25.2 Å². The minimum Gasteiger partial charge on any atom is -0.286 e. The first kappa shape index (κ1) is 15.6. The highest BCUT2D eigenvalue weighted by Gasteiger charge is 2.19. The zero-order chi connectivity index (χ0) is 17.4. The number of hydrogen-bond donors (Lipinski definition) is 0. The molecule has 0 unspecified atom stereocenters. The van der Waals surface area contributed by atoms with Gasteiger partial charge in [-0.1, -0.05) is 12.1 Å². The summed E-state index contributed by atoms with van der Waals surface area (Å²) in [6.45, 7) is 4.20. The minimum atomic E-state index is 0.318. The van der Waals surface area contributed by atoms with Crippen LogP contribution in [0.5, 0.6) is 0 Å². The lowest BCUT2D eigenvalue weighted by Gasteiger charge is -2.06. The van der Waals surface area contributed by atoms with E-state index in [1.807, 2.05) is 12.1 Å². The summed E-state index contributed by atoms with van der Waals surface area (Å²) in [7, 11) is 0. The van der Waals surface area contributed by atoms with Crippen LogP contribution in [0.4, 0.5) is 0 Å². The Morgan fingerprint density at radius 3 is 2.60 bits per heavy atom. The maximum Gasteiger partial charge on any atom is 0.194 e. The van der Waals surface area contributed by atoms with Gasteiger partial charge in [0.2, 0.25) is 0 Å². The molecule has 4 rings (SSSR count). The number of nitriles is 1. The van der Waals surface area contributed by atoms with E-state index in [0.717, 1.165) is 33.2 Å². The van der Waals surface area contributed by atoms with Crippen LogP contribution in [-0.2, 0) is 6.42 Å². The number of imidazole rings is 1. The van der Waals surface area contributed by atoms with Crippen LogP contribution < -0.4 is 0 Å². The van der Waals surface area contributed by atoms with Crippen LogP contribution in [0.3, 0.4) is 0 Å². The van der Waals surface area contributed by atoms with Gasteiger partial charge >= 0.3 is 0 Å². The Labute approximate surface area is 150 Å². The number of thiazole rings is 1. The molecule has 0 atom stereocenters. The molecule has 0 saturated heterocycles. The second-order valence-corrected chi connectivity index (χ2v) is 6.85. The third kappa shape index (κ3) is 2.61. The van der Waals surface area contributed by atoms with Gasteiger partial charge in [0.15, 0.2) is 4.96 Å². The van der Waals surface area contributed by atoms with Crippen molar-refractivity contribution >= 4 is 16.3 Å². The molecule has 0 fully saturated rings. The van der Waals surface area contributed by atoms with Gasteiger partial charge in [0, 0.05) is 28.9 Å². The van der Waals surface area contributed by atoms with Crippen LogP contribution >= 0.6 is 11.3 Å². The van der Waals surface area contributed by atoms with Crippen LogP contribution in [0.2, 0.25) is 0 Å². The van der Waals surface area contributed by atoms with Gasteiger partial charge < -0.3 is 0 Å². The summed E-state index contributed by atoms with van der Waals surface area (Å²) in [6, 6.07) is 12.6. The van der Waals surface area contributed by atoms with Gasteiger partial charge in [-0.05, 0) is 43.2 Å². The monoisotopic (exact) mass is 344 g/mol. The number of pyridine rings is 1. The third-order valence-corrected chi connectivity index (χ3v) is 5.29. The fourth-order valence-electron chi connectivity index (χ4n) is 3.00. The van der Waals surface area contributed by atoms with Crippen LogP contribution in [0.25, 0.3) is 27.5 Å². The molecule has 1 aromatic carbocycles. The molecule has 0 saturated carbocycles. The molecule has 0 aliphatic carbocycles. The van der Waals surface area contributed by atoms with Gasteiger partial charge in [0.1, 0.15) is 0 Å². The molecule has 3 heterocycles. The van der Waals surface area contributed by atoms with E-state index in [0.29, 0.717) is 6.42 Å². The molecule has 3 aromatic heterocycles. The van der Waals surface area contributed by atoms with Gasteiger partial charge in [-0.3, -0.25) is 9.38 Å². The normalized spacial score (nSPS) is 10.9. The molecule has 0 N–H and O–H groups in total. The second-order valence-electron chi connectivity index (χ2n) is 6.02. The minimum absolute atomic E-state index is 0.318. The molecular weight excluding hydrogens is 328 g/mol. The SMILES string of the molecule is Cc1ccc(-c2nc3scc(-c4ccncc4)n3c2CC#N)cc1C. The van der Waals surface area contributed by atoms with Crippen molar-refractivity contribution in [3.63, 3.8) is 0 Å². The van der Waals surface area contributed by atoms with Crippen LogP contribution in [0.15, 0.2) is 48.1 Å². The molecule has 5 heteroatoms. The molecular formula is C20H16N4S. The van der Waals surface area contributed by atoms with E-state index < -0.39 is 0 Å². The summed E-state index contributed by atoms with van der Waals surface area (Å²) in [5.41, 5.74) is 7.50. The molecule has 0 aliphatic heterocycles. The number of benzene rings is 1. The molecule has 0 radical (unpaired) electrons. The quantitative estimate of drug-likeness (QED) is 0.536. The number of hydrogen-bond acceptors (Lipinski definition) is 4. The average molecular weight is 344 g/mol. The first-order chi connectivity index (χ1) is 12.2. The van der Waals surface area contributed by atoms with E-state index in [1.165, 1.54) is 11.1 Å². The fraction of sp³-hybridized carbons (Fsp3) is 0.150. The summed E-state index contributed by atoms with van der Waals surface area (Å²) in [6.07, 6.45) is 3.88. The van der Waals surface area contributed by atoms with Gasteiger partial charge in [-0.2, -0.15) is 5.26 Å². The molecule has 0 aliphatic rings. The number of aryl methyl sites for hydroxylation is 2. The smallest absolute Gasteiger partial charge is 0.194 e. The van der Waals surface area contributed by atoms with E-state index in [4.69, 9.17) is 4.98 Å². The summed E-state index contributed by atoms with van der Waals surface area (Å²) < 4.78 is 2.10. The number of nitrogens with zero attached hydrogens (tertiary/aromatic N) is 4. The number of rotatable bonds is 3. The Morgan fingerprint density at radius 1 is 1.08 bits per heavy atom. The molecule has 0 spiro atoms. The Kier molecular flexibility index (Phi) is 3.83. The summed E-state index contributed by atoms with van der Waals surface area (Å²) in [4.78, 5) is 9.83. The van der Waals surface area contributed by atoms with E-state index in [2.05, 4.69) is 52.9 Å². The molecule has 4 aromatic rings. The van der Waals surface area contributed by atoms with Crippen LogP contribution in [0.1, 0.15) is 16.8 Å². The molecule has 0 bridgehead atoms. The van der Waals surface area contributed by atoms with Gasteiger partial charge in [0.05, 0.1) is 29.6 Å². The Hall–Kier alpha value is -2.97. The zero-order valence-corrected chi connectivity index (χ0v) is 14.8. The molecule has 122 valence electrons. The van der Waals surface area contributed by atoms with Crippen LogP contribution in [-0.4, -0.2) is 14.4 Å². The van der Waals surface area contributed by atoms with Crippen molar-refractivity contribution in [2.75, 3.05) is 0 Å². The van der Waals surface area contributed by atoms with Crippen molar-refractivity contribution in [2.24, 2.45) is 0 Å². The van der Waals surface area contributed by atoms with Crippen molar-refractivity contribution in [1.29, 1.82) is 5.26 Å². The van der Waals surface area contributed by atoms with Crippen molar-refractivity contribution in [2.45, 2.75) is 20.3 Å². The lowest BCUT2D eigenvalue weighted by Crippen LogP contribution is -1.95. The number of fused-ring (bicyclic) bond motifs is 1. The Morgan fingerprint density at radius 2 is 1.88 bits per heavy atom. The summed E-state index contributed by atoms with van der Waals surface area (Å²) in [5.74, 6) is 0. The van der Waals surface area contributed by atoms with E-state index in [9.17, 15) is 5.26 Å². The average Bonchev–Trinajstić information content (AvgIpc) is 3.19. The maximum absolute atomic E-state index is 9.37. The lowest BCUT2D eigenvalue weighted by molar-refractivity contribution is 1.08. The second kappa shape index (κ2) is 6.15. The third-order valence-electron chi connectivity index (χ3n) is 4.46. The highest BCUT2D eigenvalue weighted by Crippen LogP contribution is 2.33. The summed E-state index contributed by atoms with van der Waals surface area (Å²) >= 11 is 1.59. The maximum atomic E-state index is 9.37. The van der Waals surface area contributed by atoms with Crippen molar-refractivity contribution in [3.8, 4) is 28.6 Å². The van der Waals surface area contributed by atoms with Gasteiger partial charge in [0.25, 0.3) is 0 Å². The fourth-order valence-corrected chi connectivity index (χ4v) is 3.91. The highest BCUT2D eigenvalue weighted by molar-refractivity contribution is 7.15. The summed E-state index contributed by atoms with van der Waals surface area (Å²) in [5, 5.41) is 11.5. The largest absolute Gasteiger partial charge is 0.286 e. The standard InChI is InChI=1S/C20H16N4S/c1-13-3-4-16(11-14(13)2)19-17(5-8-21)24-18(12-25-20(24)23-19)15-6-9-22-10-7-15/h3-4,6-7,9-12H,5H2,1-2H3. The van der Waals surface area contributed by atoms with Crippen molar-refractivity contribution < 1.29 is 0 Å². The van der Waals surface area contributed by atoms with Crippen molar-refractivity contribution in [1.82, 2.24) is 14.4 Å². The molecule has 25 heavy (non-hydrogen) atoms. The van der Waals surface area contributed by atoms with E-state index >= 15 is 0 Å². The Balaban J connectivity index is 1.97. The predicted molar refractivity (Wildman–Crippen MR) is 101 cm³/mol. The van der Waals surface area contributed by atoms with Gasteiger partial charge in [-0.25, -0.2) is 4.98 Å². The lowest BCUT2D eigenvalue weighted by atomic mass is 10.0. The highest BCUT2D eigenvalue weighted by atomic mass is 32.1. The zero-order valence-electron chi connectivity index (χ0n) is 14.0. The number of aromatic nitrogens is 3. The molecule has 4 nitrogen and oxygen atoms in total.